The molecule has 1 heterocycles. The molecule has 0 aliphatic heterocycles. The summed E-state index contributed by atoms with van der Waals surface area (Å²) in [5, 5.41) is 1.05. The van der Waals surface area contributed by atoms with Gasteiger partial charge in [0.15, 0.2) is 0 Å². The van der Waals surface area contributed by atoms with Gasteiger partial charge < -0.3 is 4.90 Å². The number of carbonyl (C=O) groups is 1. The highest BCUT2D eigenvalue weighted by Gasteiger charge is 2.13. The zero-order valence-corrected chi connectivity index (χ0v) is 11.5. The normalized spacial score (nSPS) is 10.2. The molecule has 0 unspecified atom stereocenters. The molecule has 3 heteroatoms. The zero-order chi connectivity index (χ0) is 14.4. The molecular weight excluding hydrogens is 248 g/mol. The number of para-hydroxylation sites is 1. The summed E-state index contributed by atoms with van der Waals surface area (Å²) in [5.41, 5.74) is 1.84. The molecule has 0 aliphatic carbocycles. The van der Waals surface area contributed by atoms with Crippen LogP contribution in [-0.2, 0) is 11.2 Å². The standard InChI is InChI=1S/C17H18N2O/c1-3-11-19(12-4-2)16(20)13-15-8-5-7-14-9-6-10-18-17(14)15/h3-10H,1-2,11-13H2. The van der Waals surface area contributed by atoms with Crippen molar-refractivity contribution < 1.29 is 4.79 Å². The molecule has 0 aliphatic rings. The van der Waals surface area contributed by atoms with Crippen LogP contribution in [0.4, 0.5) is 0 Å². The van der Waals surface area contributed by atoms with E-state index in [1.165, 1.54) is 0 Å². The van der Waals surface area contributed by atoms with Crippen molar-refractivity contribution in [2.24, 2.45) is 0 Å². The highest BCUT2D eigenvalue weighted by molar-refractivity contribution is 5.87. The van der Waals surface area contributed by atoms with Gasteiger partial charge >= 0.3 is 0 Å². The van der Waals surface area contributed by atoms with Crippen molar-refractivity contribution in [3.8, 4) is 0 Å². The fraction of sp³-hybridized carbons (Fsp3) is 0.176. The van der Waals surface area contributed by atoms with Crippen molar-refractivity contribution in [2.75, 3.05) is 13.1 Å². The maximum absolute atomic E-state index is 12.3. The van der Waals surface area contributed by atoms with Gasteiger partial charge in [-0.25, -0.2) is 0 Å². The predicted molar refractivity (Wildman–Crippen MR) is 82.4 cm³/mol. The summed E-state index contributed by atoms with van der Waals surface area (Å²) in [7, 11) is 0. The Kier molecular flexibility index (Phi) is 4.66. The number of amides is 1. The molecule has 2 rings (SSSR count). The first-order valence-electron chi connectivity index (χ1n) is 6.58. The molecule has 3 nitrogen and oxygen atoms in total. The third-order valence-electron chi connectivity index (χ3n) is 3.11. The molecule has 1 aromatic heterocycles. The first-order chi connectivity index (χ1) is 9.76. The van der Waals surface area contributed by atoms with Crippen molar-refractivity contribution in [1.82, 2.24) is 9.88 Å². The second-order valence-electron chi connectivity index (χ2n) is 4.55. The third-order valence-corrected chi connectivity index (χ3v) is 3.11. The van der Waals surface area contributed by atoms with E-state index in [0.717, 1.165) is 16.5 Å². The number of hydrogen-bond donors (Lipinski definition) is 0. The Morgan fingerprint density at radius 1 is 1.15 bits per heavy atom. The quantitative estimate of drug-likeness (QED) is 0.753. The summed E-state index contributed by atoms with van der Waals surface area (Å²) in [4.78, 5) is 18.4. The monoisotopic (exact) mass is 266 g/mol. The number of carbonyl (C=O) groups excluding carboxylic acids is 1. The number of hydrogen-bond acceptors (Lipinski definition) is 2. The lowest BCUT2D eigenvalue weighted by molar-refractivity contribution is -0.129. The zero-order valence-electron chi connectivity index (χ0n) is 11.5. The van der Waals surface area contributed by atoms with Gasteiger partial charge in [0, 0.05) is 24.7 Å². The molecular formula is C17H18N2O. The topological polar surface area (TPSA) is 33.2 Å². The van der Waals surface area contributed by atoms with E-state index in [1.54, 1.807) is 23.2 Å². The number of nitrogens with zero attached hydrogens (tertiary/aromatic N) is 2. The number of aromatic nitrogens is 1. The van der Waals surface area contributed by atoms with Crippen molar-refractivity contribution in [3.63, 3.8) is 0 Å². The van der Waals surface area contributed by atoms with Crippen molar-refractivity contribution in [1.29, 1.82) is 0 Å². The summed E-state index contributed by atoms with van der Waals surface area (Å²) < 4.78 is 0. The number of fused-ring (bicyclic) bond motifs is 1. The van der Waals surface area contributed by atoms with Crippen molar-refractivity contribution in [2.45, 2.75) is 6.42 Å². The first kappa shape index (κ1) is 14.0. The Bertz CT molecular complexity index is 618. The highest BCUT2D eigenvalue weighted by Crippen LogP contribution is 2.17. The Hall–Kier alpha value is -2.42. The van der Waals surface area contributed by atoms with Gasteiger partial charge in [0.2, 0.25) is 5.91 Å². The average molecular weight is 266 g/mol. The van der Waals surface area contributed by atoms with Gasteiger partial charge in [0.1, 0.15) is 0 Å². The van der Waals surface area contributed by atoms with Crippen LogP contribution in [0.25, 0.3) is 10.9 Å². The second-order valence-corrected chi connectivity index (χ2v) is 4.55. The largest absolute Gasteiger partial charge is 0.335 e. The van der Waals surface area contributed by atoms with E-state index >= 15 is 0 Å². The Morgan fingerprint density at radius 3 is 2.55 bits per heavy atom. The predicted octanol–water partition coefficient (Wildman–Crippen LogP) is 2.98. The average Bonchev–Trinajstić information content (AvgIpc) is 2.47. The van der Waals surface area contributed by atoms with Crippen LogP contribution in [-0.4, -0.2) is 28.9 Å². The van der Waals surface area contributed by atoms with E-state index < -0.39 is 0 Å². The van der Waals surface area contributed by atoms with Gasteiger partial charge in [-0.3, -0.25) is 9.78 Å². The molecule has 0 saturated heterocycles. The number of rotatable bonds is 6. The summed E-state index contributed by atoms with van der Waals surface area (Å²) in [5.74, 6) is 0.0583. The maximum atomic E-state index is 12.3. The molecule has 2 aromatic rings. The minimum Gasteiger partial charge on any atom is -0.335 e. The Balaban J connectivity index is 2.24. The minimum absolute atomic E-state index is 0.0583. The molecule has 0 radical (unpaired) electrons. The summed E-state index contributed by atoms with van der Waals surface area (Å²) in [6.07, 6.45) is 5.54. The van der Waals surface area contributed by atoms with Gasteiger partial charge in [-0.1, -0.05) is 36.4 Å². The van der Waals surface area contributed by atoms with E-state index in [0.29, 0.717) is 19.5 Å². The molecule has 0 atom stereocenters. The molecule has 0 bridgehead atoms. The molecule has 102 valence electrons. The minimum atomic E-state index is 0.0583. The van der Waals surface area contributed by atoms with Crippen molar-refractivity contribution >= 4 is 16.8 Å². The fourth-order valence-corrected chi connectivity index (χ4v) is 2.17. The first-order valence-corrected chi connectivity index (χ1v) is 6.58. The smallest absolute Gasteiger partial charge is 0.227 e. The van der Waals surface area contributed by atoms with Gasteiger partial charge in [-0.2, -0.15) is 0 Å². The number of pyridine rings is 1. The van der Waals surface area contributed by atoms with E-state index in [2.05, 4.69) is 18.1 Å². The van der Waals surface area contributed by atoms with Crippen LogP contribution in [0.15, 0.2) is 61.8 Å². The van der Waals surface area contributed by atoms with E-state index in [4.69, 9.17) is 0 Å². The molecule has 0 saturated carbocycles. The van der Waals surface area contributed by atoms with E-state index in [1.807, 2.05) is 30.3 Å². The molecule has 0 N–H and O–H groups in total. The van der Waals surface area contributed by atoms with Crippen LogP contribution in [0.1, 0.15) is 5.56 Å². The lowest BCUT2D eigenvalue weighted by Gasteiger charge is -2.19. The molecule has 0 spiro atoms. The molecule has 1 aromatic carbocycles. The van der Waals surface area contributed by atoms with Gasteiger partial charge in [-0.05, 0) is 11.6 Å². The highest BCUT2D eigenvalue weighted by atomic mass is 16.2. The van der Waals surface area contributed by atoms with Gasteiger partial charge in [0.25, 0.3) is 0 Å². The van der Waals surface area contributed by atoms with Crippen LogP contribution in [0, 0.1) is 0 Å². The third kappa shape index (κ3) is 3.12. The SMILES string of the molecule is C=CCN(CC=C)C(=O)Cc1cccc2cccnc12. The van der Waals surface area contributed by atoms with Crippen LogP contribution in [0.3, 0.4) is 0 Å². The van der Waals surface area contributed by atoms with Crippen LogP contribution in [0.5, 0.6) is 0 Å². The second kappa shape index (κ2) is 6.66. The number of benzene rings is 1. The molecule has 20 heavy (non-hydrogen) atoms. The van der Waals surface area contributed by atoms with E-state index in [9.17, 15) is 4.79 Å². The Labute approximate surface area is 119 Å². The lowest BCUT2D eigenvalue weighted by Crippen LogP contribution is -2.32. The fourth-order valence-electron chi connectivity index (χ4n) is 2.17. The van der Waals surface area contributed by atoms with Gasteiger partial charge in [0.05, 0.1) is 11.9 Å². The van der Waals surface area contributed by atoms with Gasteiger partial charge in [-0.15, -0.1) is 13.2 Å². The summed E-state index contributed by atoms with van der Waals surface area (Å²) in [6.45, 7) is 8.42. The van der Waals surface area contributed by atoms with Crippen LogP contribution < -0.4 is 0 Å². The lowest BCUT2D eigenvalue weighted by atomic mass is 10.1. The summed E-state index contributed by atoms with van der Waals surface area (Å²) >= 11 is 0. The molecule has 1 amide bonds. The van der Waals surface area contributed by atoms with Crippen LogP contribution in [0.2, 0.25) is 0 Å². The summed E-state index contributed by atoms with van der Waals surface area (Å²) in [6, 6.07) is 9.81. The molecule has 0 fully saturated rings. The maximum Gasteiger partial charge on any atom is 0.227 e. The Morgan fingerprint density at radius 2 is 1.85 bits per heavy atom. The van der Waals surface area contributed by atoms with E-state index in [-0.39, 0.29) is 5.91 Å². The van der Waals surface area contributed by atoms with Crippen LogP contribution >= 0.6 is 0 Å². The van der Waals surface area contributed by atoms with Crippen molar-refractivity contribution in [3.05, 3.63) is 67.4 Å².